The molecule has 0 unspecified atom stereocenters. The SMILES string of the molecule is Cc1nc(C)c(CNC(=O)c2cn(C3CCC(N)CC3)nn2)s1. The second-order valence-corrected chi connectivity index (χ2v) is 7.36. The fourth-order valence-corrected chi connectivity index (χ4v) is 3.79. The van der Waals surface area contributed by atoms with Crippen molar-refractivity contribution in [1.29, 1.82) is 0 Å². The third kappa shape index (κ3) is 3.76. The van der Waals surface area contributed by atoms with Crippen molar-refractivity contribution in [3.8, 4) is 0 Å². The Morgan fingerprint density at radius 1 is 1.39 bits per heavy atom. The average Bonchev–Trinajstić information content (AvgIpc) is 3.12. The maximum Gasteiger partial charge on any atom is 0.273 e. The monoisotopic (exact) mass is 334 g/mol. The van der Waals surface area contributed by atoms with Gasteiger partial charge in [0.1, 0.15) is 0 Å². The van der Waals surface area contributed by atoms with Gasteiger partial charge >= 0.3 is 0 Å². The van der Waals surface area contributed by atoms with Gasteiger partial charge in [0.05, 0.1) is 29.5 Å². The molecule has 0 bridgehead atoms. The summed E-state index contributed by atoms with van der Waals surface area (Å²) in [5.41, 5.74) is 7.25. The summed E-state index contributed by atoms with van der Waals surface area (Å²) in [6.45, 7) is 4.39. The maximum absolute atomic E-state index is 12.2. The lowest BCUT2D eigenvalue weighted by Crippen LogP contribution is -2.28. The number of amides is 1. The molecule has 8 heteroatoms. The third-order valence-corrected chi connectivity index (χ3v) is 5.34. The molecule has 2 aromatic heterocycles. The predicted molar refractivity (Wildman–Crippen MR) is 88.3 cm³/mol. The Bertz CT molecular complexity index is 686. The summed E-state index contributed by atoms with van der Waals surface area (Å²) in [5.74, 6) is -0.200. The molecule has 0 spiro atoms. The van der Waals surface area contributed by atoms with Crippen molar-refractivity contribution in [1.82, 2.24) is 25.3 Å². The summed E-state index contributed by atoms with van der Waals surface area (Å²) in [5, 5.41) is 12.0. The number of hydrogen-bond donors (Lipinski definition) is 2. The van der Waals surface area contributed by atoms with Gasteiger partial charge in [-0.1, -0.05) is 5.21 Å². The van der Waals surface area contributed by atoms with E-state index in [0.717, 1.165) is 41.3 Å². The van der Waals surface area contributed by atoms with E-state index in [4.69, 9.17) is 5.73 Å². The zero-order valence-corrected chi connectivity index (χ0v) is 14.3. The summed E-state index contributed by atoms with van der Waals surface area (Å²) in [7, 11) is 0. The van der Waals surface area contributed by atoms with Crippen LogP contribution >= 0.6 is 11.3 Å². The molecule has 1 fully saturated rings. The minimum Gasteiger partial charge on any atom is -0.346 e. The molecule has 0 aliphatic heterocycles. The average molecular weight is 334 g/mol. The Labute approximate surface area is 139 Å². The number of carbonyl (C=O) groups excluding carboxylic acids is 1. The van der Waals surface area contributed by atoms with Crippen LogP contribution < -0.4 is 11.1 Å². The fourth-order valence-electron chi connectivity index (χ4n) is 2.91. The van der Waals surface area contributed by atoms with Crippen molar-refractivity contribution >= 4 is 17.2 Å². The van der Waals surface area contributed by atoms with E-state index < -0.39 is 0 Å². The molecule has 7 nitrogen and oxygen atoms in total. The predicted octanol–water partition coefficient (Wildman–Crippen LogP) is 1.72. The summed E-state index contributed by atoms with van der Waals surface area (Å²) < 4.78 is 1.81. The summed E-state index contributed by atoms with van der Waals surface area (Å²) >= 11 is 1.60. The van der Waals surface area contributed by atoms with Crippen molar-refractivity contribution in [3.05, 3.63) is 27.5 Å². The summed E-state index contributed by atoms with van der Waals surface area (Å²) in [6, 6.07) is 0.596. The first-order chi connectivity index (χ1) is 11.0. The van der Waals surface area contributed by atoms with Crippen molar-refractivity contribution in [3.63, 3.8) is 0 Å². The van der Waals surface area contributed by atoms with Crippen LogP contribution in [0.1, 0.15) is 57.8 Å². The van der Waals surface area contributed by atoms with E-state index >= 15 is 0 Å². The topological polar surface area (TPSA) is 98.7 Å². The number of aryl methyl sites for hydroxylation is 2. The molecular weight excluding hydrogens is 312 g/mol. The van der Waals surface area contributed by atoms with Gasteiger partial charge in [0.2, 0.25) is 0 Å². The fraction of sp³-hybridized carbons (Fsp3) is 0.600. The van der Waals surface area contributed by atoms with Gasteiger partial charge in [0, 0.05) is 10.9 Å². The van der Waals surface area contributed by atoms with Gasteiger partial charge < -0.3 is 11.1 Å². The minimum absolute atomic E-state index is 0.200. The summed E-state index contributed by atoms with van der Waals surface area (Å²) in [6.07, 6.45) is 5.71. The van der Waals surface area contributed by atoms with Crippen LogP contribution in [0.5, 0.6) is 0 Å². The number of carbonyl (C=O) groups is 1. The number of rotatable bonds is 4. The Morgan fingerprint density at radius 3 is 2.78 bits per heavy atom. The van der Waals surface area contributed by atoms with Crippen molar-refractivity contribution in [2.24, 2.45) is 5.73 Å². The lowest BCUT2D eigenvalue weighted by molar-refractivity contribution is 0.0946. The van der Waals surface area contributed by atoms with Gasteiger partial charge in [-0.05, 0) is 39.5 Å². The third-order valence-electron chi connectivity index (χ3n) is 4.27. The second kappa shape index (κ2) is 6.76. The largest absolute Gasteiger partial charge is 0.346 e. The highest BCUT2D eigenvalue weighted by atomic mass is 32.1. The van der Waals surface area contributed by atoms with Crippen LogP contribution in [0.15, 0.2) is 6.20 Å². The van der Waals surface area contributed by atoms with E-state index in [1.165, 1.54) is 0 Å². The number of thiazole rings is 1. The number of nitrogens with two attached hydrogens (primary N) is 1. The Morgan fingerprint density at radius 2 is 2.13 bits per heavy atom. The molecule has 1 saturated carbocycles. The quantitative estimate of drug-likeness (QED) is 0.887. The van der Waals surface area contributed by atoms with Gasteiger partial charge in [-0.25, -0.2) is 9.67 Å². The molecule has 3 rings (SSSR count). The zero-order chi connectivity index (χ0) is 16.4. The van der Waals surface area contributed by atoms with E-state index in [-0.39, 0.29) is 5.91 Å². The van der Waals surface area contributed by atoms with E-state index in [1.54, 1.807) is 17.5 Å². The van der Waals surface area contributed by atoms with Crippen LogP contribution in [0.2, 0.25) is 0 Å². The molecule has 1 amide bonds. The van der Waals surface area contributed by atoms with Crippen LogP contribution in [-0.4, -0.2) is 31.9 Å². The van der Waals surface area contributed by atoms with Crippen LogP contribution in [0.3, 0.4) is 0 Å². The molecule has 1 aliphatic carbocycles. The summed E-state index contributed by atoms with van der Waals surface area (Å²) in [4.78, 5) is 17.7. The highest BCUT2D eigenvalue weighted by molar-refractivity contribution is 7.11. The Kier molecular flexibility index (Phi) is 4.72. The minimum atomic E-state index is -0.200. The van der Waals surface area contributed by atoms with E-state index in [0.29, 0.717) is 24.3 Å². The zero-order valence-electron chi connectivity index (χ0n) is 13.5. The van der Waals surface area contributed by atoms with Gasteiger partial charge in [0.15, 0.2) is 5.69 Å². The Hall–Kier alpha value is -1.80. The second-order valence-electron chi connectivity index (χ2n) is 6.08. The lowest BCUT2D eigenvalue weighted by Gasteiger charge is -2.25. The molecular formula is C15H22N6OS. The molecule has 2 heterocycles. The molecule has 0 saturated heterocycles. The van der Waals surface area contributed by atoms with Gasteiger partial charge in [-0.15, -0.1) is 16.4 Å². The lowest BCUT2D eigenvalue weighted by atomic mass is 9.92. The normalized spacial score (nSPS) is 21.3. The molecule has 1 aliphatic rings. The molecule has 0 radical (unpaired) electrons. The first kappa shape index (κ1) is 16.1. The highest BCUT2D eigenvalue weighted by Gasteiger charge is 2.22. The van der Waals surface area contributed by atoms with Crippen molar-refractivity contribution in [2.45, 2.75) is 58.2 Å². The number of nitrogens with zero attached hydrogens (tertiary/aromatic N) is 4. The highest BCUT2D eigenvalue weighted by Crippen LogP contribution is 2.26. The Balaban J connectivity index is 1.59. The molecule has 3 N–H and O–H groups in total. The molecule has 2 aromatic rings. The molecule has 124 valence electrons. The molecule has 0 atom stereocenters. The van der Waals surface area contributed by atoms with Crippen LogP contribution in [0, 0.1) is 13.8 Å². The van der Waals surface area contributed by atoms with E-state index in [2.05, 4.69) is 20.6 Å². The van der Waals surface area contributed by atoms with E-state index in [1.807, 2.05) is 18.5 Å². The van der Waals surface area contributed by atoms with Crippen molar-refractivity contribution < 1.29 is 4.79 Å². The number of nitrogens with one attached hydrogen (secondary N) is 1. The van der Waals surface area contributed by atoms with Gasteiger partial charge in [-0.2, -0.15) is 0 Å². The maximum atomic E-state index is 12.2. The van der Waals surface area contributed by atoms with Crippen LogP contribution in [0.4, 0.5) is 0 Å². The van der Waals surface area contributed by atoms with Crippen LogP contribution in [-0.2, 0) is 6.54 Å². The smallest absolute Gasteiger partial charge is 0.273 e. The standard InChI is InChI=1S/C15H22N6OS/c1-9-14(23-10(2)18-9)7-17-15(22)13-8-21(20-19-13)12-5-3-11(16)4-6-12/h8,11-12H,3-7,16H2,1-2H3,(H,17,22). The number of hydrogen-bond acceptors (Lipinski definition) is 6. The molecule has 23 heavy (non-hydrogen) atoms. The van der Waals surface area contributed by atoms with Gasteiger partial charge in [0.25, 0.3) is 5.91 Å². The van der Waals surface area contributed by atoms with Crippen LogP contribution in [0.25, 0.3) is 0 Å². The molecule has 0 aromatic carbocycles. The number of aromatic nitrogens is 4. The first-order valence-corrected chi connectivity index (χ1v) is 8.73. The van der Waals surface area contributed by atoms with E-state index in [9.17, 15) is 4.79 Å². The first-order valence-electron chi connectivity index (χ1n) is 7.91. The van der Waals surface area contributed by atoms with Crippen molar-refractivity contribution in [2.75, 3.05) is 0 Å². The van der Waals surface area contributed by atoms with Gasteiger partial charge in [-0.3, -0.25) is 4.79 Å².